The number of rotatable bonds is 5. The van der Waals surface area contributed by atoms with E-state index in [0.29, 0.717) is 29.5 Å². The number of carbonyl (C=O) groups is 2. The molecule has 2 aliphatic rings. The minimum Gasteiger partial charge on any atom is -0.494 e. The number of aryl methyl sites for hydroxylation is 1. The first kappa shape index (κ1) is 20.2. The predicted octanol–water partition coefficient (Wildman–Crippen LogP) is 4.41. The molecule has 0 spiro atoms. The monoisotopic (exact) mass is 404 g/mol. The van der Waals surface area contributed by atoms with Crippen molar-refractivity contribution in [1.82, 2.24) is 4.90 Å². The van der Waals surface area contributed by atoms with Gasteiger partial charge in [0, 0.05) is 13.1 Å². The van der Waals surface area contributed by atoms with Crippen molar-refractivity contribution in [3.63, 3.8) is 0 Å². The van der Waals surface area contributed by atoms with Crippen LogP contribution in [0.2, 0.25) is 0 Å². The zero-order chi connectivity index (χ0) is 21.3. The largest absolute Gasteiger partial charge is 0.494 e. The number of anilines is 1. The molecular weight excluding hydrogens is 376 g/mol. The lowest BCUT2D eigenvalue weighted by molar-refractivity contribution is -0.120. The minimum absolute atomic E-state index is 0.242. The summed E-state index contributed by atoms with van der Waals surface area (Å²) in [7, 11) is 0. The van der Waals surface area contributed by atoms with Gasteiger partial charge in [0.25, 0.3) is 11.8 Å². The van der Waals surface area contributed by atoms with Gasteiger partial charge in [0.05, 0.1) is 17.9 Å². The fourth-order valence-electron chi connectivity index (χ4n) is 4.28. The molecule has 0 aromatic heterocycles. The van der Waals surface area contributed by atoms with E-state index in [-0.39, 0.29) is 11.8 Å². The molecule has 2 amide bonds. The molecule has 0 saturated carbocycles. The van der Waals surface area contributed by atoms with Crippen molar-refractivity contribution in [2.45, 2.75) is 33.6 Å². The summed E-state index contributed by atoms with van der Waals surface area (Å²) < 4.78 is 5.50. The maximum absolute atomic E-state index is 13.6. The van der Waals surface area contributed by atoms with Gasteiger partial charge in [-0.25, -0.2) is 4.90 Å². The molecule has 4 rings (SSSR count). The van der Waals surface area contributed by atoms with E-state index in [1.165, 1.54) is 4.90 Å². The van der Waals surface area contributed by atoms with E-state index in [4.69, 9.17) is 4.74 Å². The van der Waals surface area contributed by atoms with Crippen LogP contribution in [-0.2, 0) is 9.59 Å². The molecule has 30 heavy (non-hydrogen) atoms. The third-order valence-corrected chi connectivity index (χ3v) is 5.78. The van der Waals surface area contributed by atoms with Crippen LogP contribution < -0.4 is 9.64 Å². The summed E-state index contributed by atoms with van der Waals surface area (Å²) in [6.07, 6.45) is 2.17. The Morgan fingerprint density at radius 1 is 1.00 bits per heavy atom. The Kier molecular flexibility index (Phi) is 5.62. The first-order valence-electron chi connectivity index (χ1n) is 10.7. The second kappa shape index (κ2) is 8.34. The third kappa shape index (κ3) is 3.72. The molecule has 2 aromatic rings. The maximum Gasteiger partial charge on any atom is 0.282 e. The van der Waals surface area contributed by atoms with Crippen molar-refractivity contribution < 1.29 is 14.3 Å². The normalized spacial score (nSPS) is 19.6. The van der Waals surface area contributed by atoms with Crippen LogP contribution in [0.25, 0.3) is 5.57 Å². The fraction of sp³-hybridized carbons (Fsp3) is 0.360. The van der Waals surface area contributed by atoms with Gasteiger partial charge in [-0.05, 0) is 62.4 Å². The van der Waals surface area contributed by atoms with Gasteiger partial charge in [-0.15, -0.1) is 0 Å². The van der Waals surface area contributed by atoms with Crippen LogP contribution in [0.1, 0.15) is 37.8 Å². The standard InChI is InChI=1S/C25H28N2O3/c1-4-30-21-13-11-20(12-14-21)27-24(28)22(19-9-7-17(2)8-10-19)23(25(27)29)26-15-5-6-18(3)16-26/h7-14,18H,4-6,15-16H2,1-3H3. The van der Waals surface area contributed by atoms with Crippen molar-refractivity contribution in [2.24, 2.45) is 5.92 Å². The average molecular weight is 405 g/mol. The van der Waals surface area contributed by atoms with E-state index < -0.39 is 0 Å². The summed E-state index contributed by atoms with van der Waals surface area (Å²) in [6.45, 7) is 8.29. The number of ether oxygens (including phenoxy) is 1. The van der Waals surface area contributed by atoms with Gasteiger partial charge in [-0.2, -0.15) is 0 Å². The first-order valence-corrected chi connectivity index (χ1v) is 10.7. The van der Waals surface area contributed by atoms with Crippen molar-refractivity contribution in [1.29, 1.82) is 0 Å². The number of piperidine rings is 1. The summed E-state index contributed by atoms with van der Waals surface area (Å²) in [6, 6.07) is 15.0. The molecule has 0 aliphatic carbocycles. The molecule has 2 heterocycles. The highest BCUT2D eigenvalue weighted by molar-refractivity contribution is 6.45. The van der Waals surface area contributed by atoms with Crippen LogP contribution in [-0.4, -0.2) is 36.4 Å². The van der Waals surface area contributed by atoms with Gasteiger partial charge in [0.2, 0.25) is 0 Å². The molecule has 1 atom stereocenters. The molecule has 1 fully saturated rings. The van der Waals surface area contributed by atoms with Crippen LogP contribution >= 0.6 is 0 Å². The molecule has 156 valence electrons. The highest BCUT2D eigenvalue weighted by atomic mass is 16.5. The lowest BCUT2D eigenvalue weighted by atomic mass is 9.97. The second-order valence-electron chi connectivity index (χ2n) is 8.16. The Balaban J connectivity index is 1.76. The fourth-order valence-corrected chi connectivity index (χ4v) is 4.28. The quantitative estimate of drug-likeness (QED) is 0.693. The average Bonchev–Trinajstić information content (AvgIpc) is 3.00. The third-order valence-electron chi connectivity index (χ3n) is 5.78. The van der Waals surface area contributed by atoms with Gasteiger partial charge < -0.3 is 9.64 Å². The summed E-state index contributed by atoms with van der Waals surface area (Å²) in [5, 5.41) is 0. The second-order valence-corrected chi connectivity index (χ2v) is 8.16. The van der Waals surface area contributed by atoms with Crippen LogP contribution in [0.5, 0.6) is 5.75 Å². The van der Waals surface area contributed by atoms with Gasteiger partial charge in [-0.1, -0.05) is 36.8 Å². The highest BCUT2D eigenvalue weighted by Crippen LogP contribution is 2.37. The number of likely N-dealkylation sites (tertiary alicyclic amines) is 1. The molecule has 5 heteroatoms. The Labute approximate surface area is 177 Å². The molecule has 0 bridgehead atoms. The van der Waals surface area contributed by atoms with Gasteiger partial charge in [0.15, 0.2) is 0 Å². The number of benzene rings is 2. The van der Waals surface area contributed by atoms with E-state index in [9.17, 15) is 9.59 Å². The molecular formula is C25H28N2O3. The summed E-state index contributed by atoms with van der Waals surface area (Å²) in [5.41, 5.74) is 3.51. The molecule has 1 saturated heterocycles. The van der Waals surface area contributed by atoms with Crippen molar-refractivity contribution in [3.8, 4) is 5.75 Å². The van der Waals surface area contributed by atoms with Crippen molar-refractivity contribution >= 4 is 23.1 Å². The molecule has 2 aliphatic heterocycles. The molecule has 1 unspecified atom stereocenters. The Bertz CT molecular complexity index is 976. The zero-order valence-corrected chi connectivity index (χ0v) is 17.9. The lowest BCUT2D eigenvalue weighted by Gasteiger charge is -2.33. The number of amides is 2. The van der Waals surface area contributed by atoms with Crippen LogP contribution in [0.3, 0.4) is 0 Å². The van der Waals surface area contributed by atoms with Crippen LogP contribution in [0.4, 0.5) is 5.69 Å². The van der Waals surface area contributed by atoms with E-state index in [2.05, 4.69) is 11.8 Å². The molecule has 2 aromatic carbocycles. The van der Waals surface area contributed by atoms with Gasteiger partial charge in [-0.3, -0.25) is 9.59 Å². The Hall–Kier alpha value is -3.08. The van der Waals surface area contributed by atoms with E-state index in [1.807, 2.05) is 38.1 Å². The molecule has 0 N–H and O–H groups in total. The topological polar surface area (TPSA) is 49.9 Å². The summed E-state index contributed by atoms with van der Waals surface area (Å²) in [4.78, 5) is 30.5. The van der Waals surface area contributed by atoms with E-state index in [0.717, 1.165) is 42.8 Å². The summed E-state index contributed by atoms with van der Waals surface area (Å²) in [5.74, 6) is 0.708. The highest BCUT2D eigenvalue weighted by Gasteiger charge is 2.43. The van der Waals surface area contributed by atoms with Gasteiger partial charge >= 0.3 is 0 Å². The number of imide groups is 1. The Morgan fingerprint density at radius 2 is 1.70 bits per heavy atom. The van der Waals surface area contributed by atoms with E-state index in [1.54, 1.807) is 24.3 Å². The summed E-state index contributed by atoms with van der Waals surface area (Å²) >= 11 is 0. The van der Waals surface area contributed by atoms with Crippen LogP contribution in [0, 0.1) is 12.8 Å². The smallest absolute Gasteiger partial charge is 0.282 e. The van der Waals surface area contributed by atoms with Gasteiger partial charge in [0.1, 0.15) is 11.4 Å². The SMILES string of the molecule is CCOc1ccc(N2C(=O)C(c3ccc(C)cc3)=C(N3CCCC(C)C3)C2=O)cc1. The number of carbonyl (C=O) groups excluding carboxylic acids is 2. The zero-order valence-electron chi connectivity index (χ0n) is 17.9. The number of hydrogen-bond donors (Lipinski definition) is 0. The van der Waals surface area contributed by atoms with Crippen molar-refractivity contribution in [3.05, 3.63) is 65.4 Å². The first-order chi connectivity index (χ1) is 14.5. The lowest BCUT2D eigenvalue weighted by Crippen LogP contribution is -2.39. The van der Waals surface area contributed by atoms with E-state index >= 15 is 0 Å². The Morgan fingerprint density at radius 3 is 2.33 bits per heavy atom. The number of hydrogen-bond acceptors (Lipinski definition) is 4. The van der Waals surface area contributed by atoms with Crippen molar-refractivity contribution in [2.75, 3.05) is 24.6 Å². The molecule has 5 nitrogen and oxygen atoms in total. The maximum atomic E-state index is 13.6. The van der Waals surface area contributed by atoms with Crippen LogP contribution in [0.15, 0.2) is 54.2 Å². The molecule has 0 radical (unpaired) electrons. The minimum atomic E-state index is -0.263. The predicted molar refractivity (Wildman–Crippen MR) is 118 cm³/mol. The number of nitrogens with zero attached hydrogens (tertiary/aromatic N) is 2.